The molecule has 0 saturated heterocycles. The number of benzene rings is 1. The Balaban J connectivity index is 2.96. The molecule has 0 radical (unpaired) electrons. The molecule has 0 aromatic heterocycles. The van der Waals surface area contributed by atoms with E-state index >= 15 is 0 Å². The standard InChI is InChI=1S/C11H15N3O3/c1-3-7(2)13-11(15)8-4-5-9(12)10(6-8)14(16)17/h4-7H,3,12H2,1-2H3,(H,13,15)/t7-/m1/s1. The Morgan fingerprint density at radius 3 is 2.76 bits per heavy atom. The summed E-state index contributed by atoms with van der Waals surface area (Å²) in [7, 11) is 0. The van der Waals surface area contributed by atoms with E-state index < -0.39 is 4.92 Å². The summed E-state index contributed by atoms with van der Waals surface area (Å²) in [6.07, 6.45) is 0.794. The summed E-state index contributed by atoms with van der Waals surface area (Å²) in [6.45, 7) is 3.81. The van der Waals surface area contributed by atoms with E-state index in [4.69, 9.17) is 5.73 Å². The topological polar surface area (TPSA) is 98.3 Å². The number of amides is 1. The van der Waals surface area contributed by atoms with Crippen molar-refractivity contribution >= 4 is 17.3 Å². The summed E-state index contributed by atoms with van der Waals surface area (Å²) in [4.78, 5) is 21.8. The van der Waals surface area contributed by atoms with Crippen LogP contribution >= 0.6 is 0 Å². The maximum absolute atomic E-state index is 11.7. The molecule has 0 saturated carbocycles. The van der Waals surface area contributed by atoms with Crippen LogP contribution in [0.2, 0.25) is 0 Å². The van der Waals surface area contributed by atoms with E-state index in [9.17, 15) is 14.9 Å². The third-order valence-electron chi connectivity index (χ3n) is 2.48. The molecule has 0 bridgehead atoms. The molecule has 1 aromatic carbocycles. The molecule has 1 aromatic rings. The molecule has 0 heterocycles. The van der Waals surface area contributed by atoms with Gasteiger partial charge in [-0.2, -0.15) is 0 Å². The van der Waals surface area contributed by atoms with Gasteiger partial charge in [0.2, 0.25) is 0 Å². The molecule has 6 nitrogen and oxygen atoms in total. The largest absolute Gasteiger partial charge is 0.393 e. The quantitative estimate of drug-likeness (QED) is 0.473. The molecular formula is C11H15N3O3. The molecular weight excluding hydrogens is 222 g/mol. The number of nitrogen functional groups attached to an aromatic ring is 1. The van der Waals surface area contributed by atoms with Gasteiger partial charge in [-0.1, -0.05) is 6.92 Å². The summed E-state index contributed by atoms with van der Waals surface area (Å²) in [5.74, 6) is -0.331. The summed E-state index contributed by atoms with van der Waals surface area (Å²) in [5, 5.41) is 13.4. The van der Waals surface area contributed by atoms with E-state index in [0.29, 0.717) is 0 Å². The van der Waals surface area contributed by atoms with Crippen molar-refractivity contribution < 1.29 is 9.72 Å². The van der Waals surface area contributed by atoms with Gasteiger partial charge in [-0.3, -0.25) is 14.9 Å². The van der Waals surface area contributed by atoms with Crippen LogP contribution in [0.15, 0.2) is 18.2 Å². The Bertz CT molecular complexity index is 446. The summed E-state index contributed by atoms with van der Waals surface area (Å²) >= 11 is 0. The number of nitro benzene ring substituents is 1. The van der Waals surface area contributed by atoms with Crippen LogP contribution in [0.25, 0.3) is 0 Å². The second kappa shape index (κ2) is 5.29. The molecule has 17 heavy (non-hydrogen) atoms. The minimum atomic E-state index is -0.602. The lowest BCUT2D eigenvalue weighted by Crippen LogP contribution is -2.31. The van der Waals surface area contributed by atoms with Gasteiger partial charge in [-0.15, -0.1) is 0 Å². The maximum atomic E-state index is 11.7. The average molecular weight is 237 g/mol. The highest BCUT2D eigenvalue weighted by molar-refractivity contribution is 5.95. The van der Waals surface area contributed by atoms with Gasteiger partial charge < -0.3 is 11.1 Å². The van der Waals surface area contributed by atoms with Gasteiger partial charge in [0.25, 0.3) is 11.6 Å². The van der Waals surface area contributed by atoms with Crippen LogP contribution in [-0.2, 0) is 0 Å². The van der Waals surface area contributed by atoms with Crippen molar-refractivity contribution in [3.8, 4) is 0 Å². The van der Waals surface area contributed by atoms with Crippen LogP contribution in [0.1, 0.15) is 30.6 Å². The Labute approximate surface area is 99.0 Å². The van der Waals surface area contributed by atoms with Crippen LogP contribution in [0.5, 0.6) is 0 Å². The van der Waals surface area contributed by atoms with Gasteiger partial charge in [-0.05, 0) is 25.5 Å². The molecule has 0 spiro atoms. The van der Waals surface area contributed by atoms with Crippen molar-refractivity contribution in [2.24, 2.45) is 0 Å². The van der Waals surface area contributed by atoms with Crippen molar-refractivity contribution in [1.82, 2.24) is 5.32 Å². The first-order valence-electron chi connectivity index (χ1n) is 5.30. The fraction of sp³-hybridized carbons (Fsp3) is 0.364. The van der Waals surface area contributed by atoms with Crippen LogP contribution in [-0.4, -0.2) is 16.9 Å². The third kappa shape index (κ3) is 3.17. The number of nitro groups is 1. The lowest BCUT2D eigenvalue weighted by atomic mass is 10.1. The Morgan fingerprint density at radius 1 is 1.59 bits per heavy atom. The van der Waals surface area contributed by atoms with Crippen molar-refractivity contribution in [3.63, 3.8) is 0 Å². The molecule has 3 N–H and O–H groups in total. The molecule has 0 fully saturated rings. The normalized spacial score (nSPS) is 11.9. The first-order chi connectivity index (χ1) is 7.95. The lowest BCUT2D eigenvalue weighted by Gasteiger charge is -2.11. The Morgan fingerprint density at radius 2 is 2.24 bits per heavy atom. The van der Waals surface area contributed by atoms with Gasteiger partial charge in [0.05, 0.1) is 4.92 Å². The monoisotopic (exact) mass is 237 g/mol. The third-order valence-corrected chi connectivity index (χ3v) is 2.48. The van der Waals surface area contributed by atoms with Gasteiger partial charge in [0.1, 0.15) is 5.69 Å². The smallest absolute Gasteiger partial charge is 0.292 e. The summed E-state index contributed by atoms with van der Waals surface area (Å²) in [5.41, 5.74) is 5.49. The number of carbonyl (C=O) groups excluding carboxylic acids is 1. The number of rotatable bonds is 4. The number of anilines is 1. The molecule has 0 unspecified atom stereocenters. The van der Waals surface area contributed by atoms with Crippen molar-refractivity contribution in [1.29, 1.82) is 0 Å². The van der Waals surface area contributed by atoms with E-state index in [2.05, 4.69) is 5.32 Å². The van der Waals surface area contributed by atoms with Crippen LogP contribution in [0.4, 0.5) is 11.4 Å². The predicted octanol–water partition coefficient (Wildman–Crippen LogP) is 1.71. The zero-order chi connectivity index (χ0) is 13.0. The lowest BCUT2D eigenvalue weighted by molar-refractivity contribution is -0.383. The second-order valence-electron chi connectivity index (χ2n) is 3.81. The van der Waals surface area contributed by atoms with Gasteiger partial charge >= 0.3 is 0 Å². The average Bonchev–Trinajstić information content (AvgIpc) is 2.28. The van der Waals surface area contributed by atoms with Gasteiger partial charge in [-0.25, -0.2) is 0 Å². The minimum Gasteiger partial charge on any atom is -0.393 e. The molecule has 1 atom stereocenters. The van der Waals surface area contributed by atoms with E-state index in [-0.39, 0.29) is 28.9 Å². The Kier molecular flexibility index (Phi) is 4.03. The highest BCUT2D eigenvalue weighted by Crippen LogP contribution is 2.22. The highest BCUT2D eigenvalue weighted by atomic mass is 16.6. The van der Waals surface area contributed by atoms with Crippen molar-refractivity contribution in [2.75, 3.05) is 5.73 Å². The van der Waals surface area contributed by atoms with Crippen molar-refractivity contribution in [2.45, 2.75) is 26.3 Å². The number of hydrogen-bond acceptors (Lipinski definition) is 4. The second-order valence-corrected chi connectivity index (χ2v) is 3.81. The molecule has 0 aliphatic carbocycles. The number of hydrogen-bond donors (Lipinski definition) is 2. The number of nitrogens with one attached hydrogen (secondary N) is 1. The van der Waals surface area contributed by atoms with E-state index in [1.54, 1.807) is 0 Å². The van der Waals surface area contributed by atoms with Crippen LogP contribution in [0.3, 0.4) is 0 Å². The molecule has 6 heteroatoms. The van der Waals surface area contributed by atoms with Crippen LogP contribution in [0, 0.1) is 10.1 Å². The molecule has 0 aliphatic heterocycles. The van der Waals surface area contributed by atoms with Gasteiger partial charge in [0.15, 0.2) is 0 Å². The number of nitrogens with zero attached hydrogens (tertiary/aromatic N) is 1. The fourth-order valence-corrected chi connectivity index (χ4v) is 1.25. The fourth-order valence-electron chi connectivity index (χ4n) is 1.25. The molecule has 1 rings (SSSR count). The molecule has 1 amide bonds. The zero-order valence-corrected chi connectivity index (χ0v) is 9.77. The number of carbonyl (C=O) groups is 1. The maximum Gasteiger partial charge on any atom is 0.292 e. The highest BCUT2D eigenvalue weighted by Gasteiger charge is 2.16. The SMILES string of the molecule is CC[C@@H](C)NC(=O)c1ccc(N)c([N+](=O)[O-])c1. The Hall–Kier alpha value is -2.11. The van der Waals surface area contributed by atoms with Crippen LogP contribution < -0.4 is 11.1 Å². The zero-order valence-electron chi connectivity index (χ0n) is 9.77. The molecule has 92 valence electrons. The number of nitrogens with two attached hydrogens (primary N) is 1. The van der Waals surface area contributed by atoms with Crippen molar-refractivity contribution in [3.05, 3.63) is 33.9 Å². The first-order valence-corrected chi connectivity index (χ1v) is 5.30. The minimum absolute atomic E-state index is 0.0270. The van der Waals surface area contributed by atoms with Gasteiger partial charge in [0, 0.05) is 17.7 Å². The first kappa shape index (κ1) is 13.0. The molecule has 0 aliphatic rings. The van der Waals surface area contributed by atoms with E-state index in [0.717, 1.165) is 6.42 Å². The summed E-state index contributed by atoms with van der Waals surface area (Å²) < 4.78 is 0. The summed E-state index contributed by atoms with van der Waals surface area (Å²) in [6, 6.07) is 4.05. The van der Waals surface area contributed by atoms with E-state index in [1.165, 1.54) is 18.2 Å². The van der Waals surface area contributed by atoms with E-state index in [1.807, 2.05) is 13.8 Å². The predicted molar refractivity (Wildman–Crippen MR) is 64.7 cm³/mol.